The number of nitrogens with zero attached hydrogens (tertiary/aromatic N) is 1. The van der Waals surface area contributed by atoms with Gasteiger partial charge in [0, 0.05) is 18.2 Å². The maximum Gasteiger partial charge on any atom is 0.235 e. The van der Waals surface area contributed by atoms with Crippen molar-refractivity contribution in [3.63, 3.8) is 0 Å². The summed E-state index contributed by atoms with van der Waals surface area (Å²) in [6.07, 6.45) is 0.255. The van der Waals surface area contributed by atoms with Crippen LogP contribution in [0.5, 0.6) is 5.75 Å². The molecule has 5 heteroatoms. The fourth-order valence-electron chi connectivity index (χ4n) is 2.27. The number of likely N-dealkylation sites (tertiary alicyclic amines) is 1. The number of nitrogen functional groups attached to an aromatic ring is 1. The maximum atomic E-state index is 12.1. The van der Waals surface area contributed by atoms with Crippen LogP contribution in [0.3, 0.4) is 0 Å². The van der Waals surface area contributed by atoms with Crippen molar-refractivity contribution in [3.05, 3.63) is 23.8 Å². The second-order valence-corrected chi connectivity index (χ2v) is 5.46. The topological polar surface area (TPSA) is 72.6 Å². The Morgan fingerprint density at radius 2 is 2.00 bits per heavy atom. The highest BCUT2D eigenvalue weighted by molar-refractivity contribution is 6.05. The number of anilines is 1. The number of nitrogens with two attached hydrogens (primary N) is 1. The normalized spacial score (nSPS) is 17.9. The van der Waals surface area contributed by atoms with E-state index >= 15 is 0 Å². The lowest BCUT2D eigenvalue weighted by Gasteiger charge is -2.18. The van der Waals surface area contributed by atoms with E-state index in [0.717, 1.165) is 5.56 Å². The fraction of sp³-hybridized carbons (Fsp3) is 0.429. The summed E-state index contributed by atoms with van der Waals surface area (Å²) in [7, 11) is 1.55. The van der Waals surface area contributed by atoms with Gasteiger partial charge in [0.1, 0.15) is 5.75 Å². The summed E-state index contributed by atoms with van der Waals surface area (Å²) in [6.45, 7) is 3.81. The van der Waals surface area contributed by atoms with Gasteiger partial charge in [-0.2, -0.15) is 0 Å². The highest BCUT2D eigenvalue weighted by Gasteiger charge is 2.44. The van der Waals surface area contributed by atoms with Crippen molar-refractivity contribution in [2.24, 2.45) is 5.41 Å². The number of ether oxygens (including phenoxy) is 1. The Kier molecular flexibility index (Phi) is 3.22. The van der Waals surface area contributed by atoms with Crippen molar-refractivity contribution in [1.29, 1.82) is 0 Å². The molecule has 0 unspecified atom stereocenters. The van der Waals surface area contributed by atoms with Gasteiger partial charge in [0.2, 0.25) is 11.8 Å². The van der Waals surface area contributed by atoms with E-state index < -0.39 is 5.41 Å². The Labute approximate surface area is 112 Å². The van der Waals surface area contributed by atoms with Crippen molar-refractivity contribution in [1.82, 2.24) is 4.90 Å². The van der Waals surface area contributed by atoms with Crippen LogP contribution in [0.25, 0.3) is 0 Å². The van der Waals surface area contributed by atoms with E-state index in [0.29, 0.717) is 11.4 Å². The van der Waals surface area contributed by atoms with Crippen LogP contribution < -0.4 is 10.5 Å². The van der Waals surface area contributed by atoms with Gasteiger partial charge in [-0.15, -0.1) is 0 Å². The molecule has 2 N–H and O–H groups in total. The minimum Gasteiger partial charge on any atom is -0.497 e. The molecule has 0 radical (unpaired) electrons. The van der Waals surface area contributed by atoms with Crippen molar-refractivity contribution in [2.75, 3.05) is 12.8 Å². The second-order valence-electron chi connectivity index (χ2n) is 5.46. The lowest BCUT2D eigenvalue weighted by atomic mass is 9.92. The van der Waals surface area contributed by atoms with E-state index in [9.17, 15) is 9.59 Å². The van der Waals surface area contributed by atoms with E-state index in [1.165, 1.54) is 4.90 Å². The summed E-state index contributed by atoms with van der Waals surface area (Å²) in [5.41, 5.74) is 6.49. The number of methoxy groups -OCH3 is 1. The Hall–Kier alpha value is -2.04. The lowest BCUT2D eigenvalue weighted by Crippen LogP contribution is -2.32. The van der Waals surface area contributed by atoms with Crippen molar-refractivity contribution in [3.8, 4) is 5.75 Å². The van der Waals surface area contributed by atoms with Crippen molar-refractivity contribution in [2.45, 2.75) is 26.8 Å². The third kappa shape index (κ3) is 2.54. The molecule has 19 heavy (non-hydrogen) atoms. The molecule has 0 atom stereocenters. The SMILES string of the molecule is COc1cc(N)cc(CN2C(=O)CC(C)(C)C2=O)c1. The minimum absolute atomic E-state index is 0.140. The molecule has 5 nitrogen and oxygen atoms in total. The number of imide groups is 1. The predicted molar refractivity (Wildman–Crippen MR) is 71.4 cm³/mol. The van der Waals surface area contributed by atoms with Gasteiger partial charge in [-0.3, -0.25) is 14.5 Å². The number of hydrogen-bond acceptors (Lipinski definition) is 4. The van der Waals surface area contributed by atoms with Crippen molar-refractivity contribution >= 4 is 17.5 Å². The largest absolute Gasteiger partial charge is 0.497 e. The molecule has 0 bridgehead atoms. The predicted octanol–water partition coefficient (Wildman–Crippen LogP) is 1.56. The smallest absolute Gasteiger partial charge is 0.235 e. The summed E-state index contributed by atoms with van der Waals surface area (Å²) in [5, 5.41) is 0. The minimum atomic E-state index is -0.610. The average molecular weight is 262 g/mol. The number of rotatable bonds is 3. The molecule has 0 aliphatic carbocycles. The van der Waals surface area contributed by atoms with E-state index in [1.54, 1.807) is 39.2 Å². The van der Waals surface area contributed by atoms with E-state index in [1.807, 2.05) is 0 Å². The Balaban J connectivity index is 2.24. The molecule has 1 aromatic rings. The molecule has 0 spiro atoms. The summed E-state index contributed by atoms with van der Waals surface area (Å²) in [4.78, 5) is 25.3. The third-order valence-electron chi connectivity index (χ3n) is 3.28. The fourth-order valence-corrected chi connectivity index (χ4v) is 2.27. The molecule has 0 aromatic heterocycles. The van der Waals surface area contributed by atoms with Crippen LogP contribution in [0.1, 0.15) is 25.8 Å². The van der Waals surface area contributed by atoms with Gasteiger partial charge in [0.25, 0.3) is 0 Å². The number of amides is 2. The first-order valence-electron chi connectivity index (χ1n) is 6.12. The van der Waals surface area contributed by atoms with Gasteiger partial charge >= 0.3 is 0 Å². The molecule has 1 aromatic carbocycles. The first-order chi connectivity index (χ1) is 8.83. The number of carbonyl (C=O) groups excluding carboxylic acids is 2. The van der Waals surface area contributed by atoms with E-state index in [2.05, 4.69) is 0 Å². The quantitative estimate of drug-likeness (QED) is 0.662. The monoisotopic (exact) mass is 262 g/mol. The molecule has 0 saturated carbocycles. The van der Waals surface area contributed by atoms with E-state index in [4.69, 9.17) is 10.5 Å². The molecule has 2 rings (SSSR count). The molecule has 1 saturated heterocycles. The van der Waals surface area contributed by atoms with Crippen LogP contribution >= 0.6 is 0 Å². The highest BCUT2D eigenvalue weighted by atomic mass is 16.5. The molecule has 1 heterocycles. The summed E-state index contributed by atoms with van der Waals surface area (Å²) in [5.74, 6) is 0.337. The standard InChI is InChI=1S/C14H18N2O3/c1-14(2)7-12(17)16(13(14)18)8-9-4-10(15)6-11(5-9)19-3/h4-6H,7-8,15H2,1-3H3. The summed E-state index contributed by atoms with van der Waals surface area (Å²) < 4.78 is 5.13. The van der Waals surface area contributed by atoms with Crippen molar-refractivity contribution < 1.29 is 14.3 Å². The Morgan fingerprint density at radius 1 is 1.32 bits per heavy atom. The number of hydrogen-bond donors (Lipinski definition) is 1. The van der Waals surface area contributed by atoms with Gasteiger partial charge in [-0.25, -0.2) is 0 Å². The molecule has 2 amide bonds. The third-order valence-corrected chi connectivity index (χ3v) is 3.28. The Bertz CT molecular complexity index is 537. The zero-order valence-corrected chi connectivity index (χ0v) is 11.4. The van der Waals surface area contributed by atoms with Crippen LogP contribution in [-0.2, 0) is 16.1 Å². The highest BCUT2D eigenvalue weighted by Crippen LogP contribution is 2.33. The van der Waals surface area contributed by atoms with Gasteiger partial charge in [0.05, 0.1) is 19.1 Å². The zero-order chi connectivity index (χ0) is 14.2. The van der Waals surface area contributed by atoms with Gasteiger partial charge < -0.3 is 10.5 Å². The molecule has 1 aliphatic rings. The molecule has 1 aliphatic heterocycles. The van der Waals surface area contributed by atoms with Gasteiger partial charge in [0.15, 0.2) is 0 Å². The number of benzene rings is 1. The molecule has 102 valence electrons. The lowest BCUT2D eigenvalue weighted by molar-refractivity contribution is -0.141. The van der Waals surface area contributed by atoms with Crippen LogP contribution in [-0.4, -0.2) is 23.8 Å². The van der Waals surface area contributed by atoms with Crippen LogP contribution in [0.2, 0.25) is 0 Å². The summed E-state index contributed by atoms with van der Waals surface area (Å²) >= 11 is 0. The number of carbonyl (C=O) groups is 2. The molecular formula is C14H18N2O3. The molecular weight excluding hydrogens is 244 g/mol. The van der Waals surface area contributed by atoms with Crippen LogP contribution in [0, 0.1) is 5.41 Å². The second kappa shape index (κ2) is 4.57. The first-order valence-corrected chi connectivity index (χ1v) is 6.12. The van der Waals surface area contributed by atoms with Gasteiger partial charge in [-0.05, 0) is 17.7 Å². The Morgan fingerprint density at radius 3 is 2.53 bits per heavy atom. The van der Waals surface area contributed by atoms with E-state index in [-0.39, 0.29) is 24.8 Å². The van der Waals surface area contributed by atoms with Crippen LogP contribution in [0.15, 0.2) is 18.2 Å². The van der Waals surface area contributed by atoms with Crippen LogP contribution in [0.4, 0.5) is 5.69 Å². The maximum absolute atomic E-state index is 12.1. The zero-order valence-electron chi connectivity index (χ0n) is 11.4. The van der Waals surface area contributed by atoms with Gasteiger partial charge in [-0.1, -0.05) is 13.8 Å². The average Bonchev–Trinajstić information content (AvgIpc) is 2.51. The summed E-state index contributed by atoms with van der Waals surface area (Å²) in [6, 6.07) is 5.22. The molecule has 1 fully saturated rings. The first kappa shape index (κ1) is 13.4.